The molecule has 8 rings (SSSR count). The maximum atomic E-state index is 15.3. The van der Waals surface area contributed by atoms with Crippen LogP contribution in [0, 0.1) is 40.0 Å². The maximum absolute atomic E-state index is 15.3. The summed E-state index contributed by atoms with van der Waals surface area (Å²) in [5.74, 6) is -6.29. The molecule has 4 aromatic rings. The Morgan fingerprint density at radius 1 is 0.925 bits per heavy atom. The number of aryl methyl sites for hydroxylation is 1. The van der Waals surface area contributed by atoms with Gasteiger partial charge in [-0.25, -0.2) is 9.29 Å². The van der Waals surface area contributed by atoms with E-state index in [0.29, 0.717) is 36.1 Å². The molecule has 0 bridgehead atoms. The zero-order valence-corrected chi connectivity index (χ0v) is 31.9. The molecular weight excluding hydrogens is 835 g/mol. The molecule has 2 heterocycles. The number of allylic oxidation sites excluding steroid dienone is 2. The van der Waals surface area contributed by atoms with Crippen LogP contribution in [0.2, 0.25) is 10.0 Å². The summed E-state index contributed by atoms with van der Waals surface area (Å²) >= 11 is 14.8. The Balaban J connectivity index is 1.34. The average molecular weight is 867 g/mol. The Morgan fingerprint density at radius 2 is 1.64 bits per heavy atom. The van der Waals surface area contributed by atoms with Gasteiger partial charge < -0.3 is 9.84 Å². The third kappa shape index (κ3) is 5.37. The van der Waals surface area contributed by atoms with E-state index in [0.717, 1.165) is 16.1 Å². The number of aromatic hydroxyl groups is 1. The Labute approximate surface area is 327 Å². The lowest BCUT2D eigenvalue weighted by Crippen LogP contribution is -2.53. The molecule has 4 aromatic carbocycles. The molecule has 9 nitrogen and oxygen atoms in total. The minimum absolute atomic E-state index is 0.0755. The highest BCUT2D eigenvalue weighted by Crippen LogP contribution is 2.64. The van der Waals surface area contributed by atoms with Crippen molar-refractivity contribution in [2.75, 3.05) is 17.4 Å². The molecule has 53 heavy (non-hydrogen) atoms. The van der Waals surface area contributed by atoms with Gasteiger partial charge in [0, 0.05) is 16.0 Å². The summed E-state index contributed by atoms with van der Waals surface area (Å²) in [6.07, 6.45) is 2.24. The molecule has 0 radical (unpaired) electrons. The lowest BCUT2D eigenvalue weighted by atomic mass is 9.49. The number of imide groups is 2. The topological polar surface area (TPSA) is 116 Å². The third-order valence-corrected chi connectivity index (χ3v) is 12.8. The summed E-state index contributed by atoms with van der Waals surface area (Å²) in [5.41, 5.74) is 4.67. The number of amides is 4. The van der Waals surface area contributed by atoms with Gasteiger partial charge in [-0.2, -0.15) is 5.01 Å². The van der Waals surface area contributed by atoms with Gasteiger partial charge in [-0.15, -0.1) is 0 Å². The zero-order valence-electron chi connectivity index (χ0n) is 28.3. The highest BCUT2D eigenvalue weighted by Gasteiger charge is 2.70. The highest BCUT2D eigenvalue weighted by molar-refractivity contribution is 14.1. The number of anilines is 2. The molecule has 0 spiro atoms. The molecule has 2 saturated heterocycles. The monoisotopic (exact) mass is 865 g/mol. The lowest BCUT2D eigenvalue weighted by Gasteiger charge is -2.50. The molecule has 2 aliphatic heterocycles. The number of nitrogens with one attached hydrogen (secondary N) is 1. The number of fused-ring (bicyclic) bond motifs is 4. The van der Waals surface area contributed by atoms with Gasteiger partial charge in [0.15, 0.2) is 11.5 Å². The summed E-state index contributed by atoms with van der Waals surface area (Å²) < 4.78 is 19.9. The standard InChI is InChI=1S/C40H31Cl2FIN3O6/c1-19-3-12-25(17-30(19)42)46-36(49)27-14-13-26-28(33(27)38(46)51)18-29-37(50)47(45-24-10-8-23(43)9-11-24)39(52)40(29,21-4-6-22(41)7-5-21)34(26)20-15-31(44)35(48)32(16-20)53-2/h3-13,15-17,27-29,33-34,45,48H,14,18H2,1-2H3/t27-,28+,29-,33-,34-,40+/m0/s1. The number of rotatable bonds is 6. The van der Waals surface area contributed by atoms with Crippen LogP contribution in [-0.4, -0.2) is 40.9 Å². The predicted octanol–water partition coefficient (Wildman–Crippen LogP) is 7.95. The number of hydrogen-bond donors (Lipinski definition) is 2. The molecule has 0 unspecified atom stereocenters. The average Bonchev–Trinajstić information content (AvgIpc) is 3.52. The van der Waals surface area contributed by atoms with Crippen LogP contribution >= 0.6 is 45.8 Å². The first-order chi connectivity index (χ1) is 25.4. The summed E-state index contributed by atoms with van der Waals surface area (Å²) in [4.78, 5) is 60.0. The van der Waals surface area contributed by atoms with Gasteiger partial charge in [0.2, 0.25) is 11.8 Å². The fourth-order valence-electron chi connectivity index (χ4n) is 8.92. The zero-order chi connectivity index (χ0) is 37.5. The minimum atomic E-state index is -1.58. The molecule has 0 aromatic heterocycles. The Kier molecular flexibility index (Phi) is 8.81. The largest absolute Gasteiger partial charge is 0.504 e. The second kappa shape index (κ2) is 13.1. The van der Waals surface area contributed by atoms with E-state index >= 15 is 4.79 Å². The second-order valence-corrected chi connectivity index (χ2v) is 15.9. The number of hydrazine groups is 1. The van der Waals surface area contributed by atoms with E-state index < -0.39 is 58.5 Å². The predicted molar refractivity (Wildman–Crippen MR) is 205 cm³/mol. The summed E-state index contributed by atoms with van der Waals surface area (Å²) in [5, 5.41) is 12.7. The fourth-order valence-corrected chi connectivity index (χ4v) is 9.85. The number of phenols is 1. The SMILES string of the molecule is COc1cc([C@H]2C3=CC[C@@H]4C(=O)N(c5ccc(C)c(Cl)c5)C(=O)[C@@H]4[C@@H]3C[C@H]3C(=O)N(Nc4ccc(F)cc4)C(=O)[C@@]23c2ccc(Cl)cc2)cc(I)c1O. The van der Waals surface area contributed by atoms with Crippen LogP contribution in [0.25, 0.3) is 0 Å². The molecule has 13 heteroatoms. The number of hydrogen-bond acceptors (Lipinski definition) is 7. The Bertz CT molecular complexity index is 2270. The van der Waals surface area contributed by atoms with E-state index in [9.17, 15) is 23.9 Å². The molecule has 3 fully saturated rings. The molecule has 2 N–H and O–H groups in total. The molecule has 4 aliphatic rings. The molecule has 270 valence electrons. The van der Waals surface area contributed by atoms with E-state index in [1.54, 1.807) is 54.6 Å². The summed E-state index contributed by atoms with van der Waals surface area (Å²) in [6.45, 7) is 1.83. The minimum Gasteiger partial charge on any atom is -0.504 e. The number of nitrogens with zero attached hydrogens (tertiary/aromatic N) is 2. The van der Waals surface area contributed by atoms with Crippen LogP contribution in [0.4, 0.5) is 15.8 Å². The number of halogens is 4. The molecular formula is C40H31Cl2FIN3O6. The maximum Gasteiger partial charge on any atom is 0.260 e. The van der Waals surface area contributed by atoms with Crippen LogP contribution in [0.1, 0.15) is 35.4 Å². The number of methoxy groups -OCH3 is 1. The number of carbonyl (C=O) groups excluding carboxylic acids is 4. The summed E-state index contributed by atoms with van der Waals surface area (Å²) in [6, 6.07) is 20.6. The molecule has 6 atom stereocenters. The number of phenolic OH excluding ortho intramolecular Hbond substituents is 1. The van der Waals surface area contributed by atoms with E-state index in [-0.39, 0.29) is 30.2 Å². The van der Waals surface area contributed by atoms with Crippen molar-refractivity contribution in [2.45, 2.75) is 31.1 Å². The first kappa shape index (κ1) is 35.6. The van der Waals surface area contributed by atoms with E-state index in [1.807, 2.05) is 35.6 Å². The van der Waals surface area contributed by atoms with E-state index in [4.69, 9.17) is 27.9 Å². The van der Waals surface area contributed by atoms with Crippen molar-refractivity contribution in [2.24, 2.45) is 23.7 Å². The van der Waals surface area contributed by atoms with Crippen molar-refractivity contribution in [3.8, 4) is 11.5 Å². The third-order valence-electron chi connectivity index (χ3n) is 11.3. The second-order valence-electron chi connectivity index (χ2n) is 13.9. The molecule has 2 aliphatic carbocycles. The normalized spacial score (nSPS) is 26.3. The molecule has 4 amide bonds. The van der Waals surface area contributed by atoms with Gasteiger partial charge in [-0.3, -0.25) is 24.6 Å². The van der Waals surface area contributed by atoms with Crippen molar-refractivity contribution < 1.29 is 33.4 Å². The van der Waals surface area contributed by atoms with Crippen molar-refractivity contribution in [3.05, 3.63) is 127 Å². The van der Waals surface area contributed by atoms with Crippen LogP contribution in [0.15, 0.2) is 90.5 Å². The first-order valence-corrected chi connectivity index (χ1v) is 18.8. The van der Waals surface area contributed by atoms with Crippen molar-refractivity contribution in [3.63, 3.8) is 0 Å². The highest BCUT2D eigenvalue weighted by atomic mass is 127. The first-order valence-electron chi connectivity index (χ1n) is 16.9. The van der Waals surface area contributed by atoms with Crippen LogP contribution in [-0.2, 0) is 24.6 Å². The van der Waals surface area contributed by atoms with Gasteiger partial charge >= 0.3 is 0 Å². The van der Waals surface area contributed by atoms with Crippen molar-refractivity contribution in [1.29, 1.82) is 0 Å². The summed E-state index contributed by atoms with van der Waals surface area (Å²) in [7, 11) is 1.42. The number of carbonyl (C=O) groups is 4. The van der Waals surface area contributed by atoms with Crippen molar-refractivity contribution in [1.82, 2.24) is 5.01 Å². The van der Waals surface area contributed by atoms with E-state index in [2.05, 4.69) is 5.43 Å². The van der Waals surface area contributed by atoms with Crippen LogP contribution < -0.4 is 15.1 Å². The molecule has 1 saturated carbocycles. The van der Waals surface area contributed by atoms with Crippen LogP contribution in [0.5, 0.6) is 11.5 Å². The Hall–Kier alpha value is -4.46. The lowest BCUT2D eigenvalue weighted by molar-refractivity contribution is -0.138. The van der Waals surface area contributed by atoms with Gasteiger partial charge in [0.25, 0.3) is 11.8 Å². The number of benzene rings is 4. The van der Waals surface area contributed by atoms with Gasteiger partial charge in [-0.05, 0) is 126 Å². The van der Waals surface area contributed by atoms with E-state index in [1.165, 1.54) is 36.3 Å². The quantitative estimate of drug-likeness (QED) is 0.115. The van der Waals surface area contributed by atoms with Gasteiger partial charge in [0.05, 0.1) is 45.2 Å². The van der Waals surface area contributed by atoms with Gasteiger partial charge in [-0.1, -0.05) is 53.1 Å². The fraction of sp³-hybridized carbons (Fsp3) is 0.250. The smallest absolute Gasteiger partial charge is 0.260 e. The Morgan fingerprint density at radius 3 is 2.32 bits per heavy atom. The van der Waals surface area contributed by atoms with Crippen molar-refractivity contribution >= 4 is 80.8 Å². The number of ether oxygens (including phenoxy) is 1. The van der Waals surface area contributed by atoms with Crippen LogP contribution in [0.3, 0.4) is 0 Å². The van der Waals surface area contributed by atoms with Gasteiger partial charge in [0.1, 0.15) is 5.82 Å².